The van der Waals surface area contributed by atoms with E-state index in [2.05, 4.69) is 15.5 Å². The third kappa shape index (κ3) is 3.51. The van der Waals surface area contributed by atoms with Crippen LogP contribution in [0.1, 0.15) is 41.5 Å². The Bertz CT molecular complexity index is 457. The zero-order valence-corrected chi connectivity index (χ0v) is 12.3. The van der Waals surface area contributed by atoms with Gasteiger partial charge in [0.05, 0.1) is 5.60 Å². The van der Waals surface area contributed by atoms with Crippen LogP contribution in [0.4, 0.5) is 0 Å². The van der Waals surface area contributed by atoms with Crippen molar-refractivity contribution in [3.05, 3.63) is 17.0 Å². The first-order valence-electron chi connectivity index (χ1n) is 6.59. The standard InChI is InChI=1S/C13H21N3O2S/c1-13(18,8-19-2)7-14-12(17)11-9-5-3-4-6-10(9)15-16-11/h18H,3-8H2,1-2H3,(H,14,17)(H,15,16). The number of hydrogen-bond acceptors (Lipinski definition) is 4. The number of hydrogen-bond donors (Lipinski definition) is 3. The minimum atomic E-state index is -0.883. The molecule has 1 heterocycles. The van der Waals surface area contributed by atoms with Gasteiger partial charge < -0.3 is 10.4 Å². The minimum absolute atomic E-state index is 0.194. The molecule has 1 aromatic heterocycles. The molecule has 6 heteroatoms. The van der Waals surface area contributed by atoms with E-state index >= 15 is 0 Å². The van der Waals surface area contributed by atoms with Gasteiger partial charge in [0.15, 0.2) is 5.69 Å². The summed E-state index contributed by atoms with van der Waals surface area (Å²) < 4.78 is 0. The van der Waals surface area contributed by atoms with E-state index in [1.54, 1.807) is 18.7 Å². The molecule has 19 heavy (non-hydrogen) atoms. The molecule has 0 spiro atoms. The fourth-order valence-corrected chi connectivity index (χ4v) is 3.11. The van der Waals surface area contributed by atoms with Crippen LogP contribution in [0.15, 0.2) is 0 Å². The van der Waals surface area contributed by atoms with Crippen molar-refractivity contribution >= 4 is 17.7 Å². The summed E-state index contributed by atoms with van der Waals surface area (Å²) in [6.07, 6.45) is 6.08. The van der Waals surface area contributed by atoms with Crippen LogP contribution in [0.25, 0.3) is 0 Å². The van der Waals surface area contributed by atoms with Crippen LogP contribution in [-0.2, 0) is 12.8 Å². The first kappa shape index (κ1) is 14.4. The number of thioether (sulfide) groups is 1. The quantitative estimate of drug-likeness (QED) is 0.757. The van der Waals surface area contributed by atoms with Gasteiger partial charge in [-0.15, -0.1) is 0 Å². The van der Waals surface area contributed by atoms with E-state index in [0.29, 0.717) is 11.4 Å². The lowest BCUT2D eigenvalue weighted by atomic mass is 9.95. The zero-order chi connectivity index (χ0) is 13.9. The molecule has 1 aliphatic rings. The summed E-state index contributed by atoms with van der Waals surface area (Å²) >= 11 is 1.56. The van der Waals surface area contributed by atoms with Crippen LogP contribution in [0, 0.1) is 0 Å². The van der Waals surface area contributed by atoms with Crippen LogP contribution in [0.3, 0.4) is 0 Å². The maximum Gasteiger partial charge on any atom is 0.272 e. The Hall–Kier alpha value is -1.01. The largest absolute Gasteiger partial charge is 0.387 e. The lowest BCUT2D eigenvalue weighted by molar-refractivity contribution is 0.0721. The molecule has 0 aliphatic heterocycles. The van der Waals surface area contributed by atoms with Crippen LogP contribution < -0.4 is 5.32 Å². The minimum Gasteiger partial charge on any atom is -0.387 e. The topological polar surface area (TPSA) is 78.0 Å². The number of amides is 1. The lowest BCUT2D eigenvalue weighted by Crippen LogP contribution is -2.42. The molecule has 0 saturated carbocycles. The Morgan fingerprint density at radius 2 is 2.26 bits per heavy atom. The average Bonchev–Trinajstić information content (AvgIpc) is 2.80. The molecular weight excluding hydrogens is 262 g/mol. The number of aromatic nitrogens is 2. The van der Waals surface area contributed by atoms with Crippen LogP contribution in [0.2, 0.25) is 0 Å². The number of aliphatic hydroxyl groups is 1. The van der Waals surface area contributed by atoms with E-state index in [1.165, 1.54) is 0 Å². The van der Waals surface area contributed by atoms with Crippen molar-refractivity contribution in [3.8, 4) is 0 Å². The number of carbonyl (C=O) groups excluding carboxylic acids is 1. The highest BCUT2D eigenvalue weighted by Gasteiger charge is 2.24. The predicted octanol–water partition coefficient (Wildman–Crippen LogP) is 1.13. The second kappa shape index (κ2) is 5.96. The number of nitrogens with zero attached hydrogens (tertiary/aromatic N) is 1. The maximum absolute atomic E-state index is 12.1. The fourth-order valence-electron chi connectivity index (χ4n) is 2.39. The molecule has 0 radical (unpaired) electrons. The number of aryl methyl sites for hydroxylation is 1. The predicted molar refractivity (Wildman–Crippen MR) is 76.6 cm³/mol. The SMILES string of the molecule is CSCC(C)(O)CNC(=O)c1n[nH]c2c1CCCC2. The van der Waals surface area contributed by atoms with E-state index in [9.17, 15) is 9.90 Å². The van der Waals surface area contributed by atoms with Crippen molar-refractivity contribution in [2.45, 2.75) is 38.2 Å². The van der Waals surface area contributed by atoms with Gasteiger partial charge in [0.25, 0.3) is 5.91 Å². The number of nitrogens with one attached hydrogen (secondary N) is 2. The van der Waals surface area contributed by atoms with Gasteiger partial charge in [-0.1, -0.05) is 0 Å². The van der Waals surface area contributed by atoms with Crippen molar-refractivity contribution in [2.24, 2.45) is 0 Å². The van der Waals surface area contributed by atoms with Crippen molar-refractivity contribution in [1.82, 2.24) is 15.5 Å². The third-order valence-electron chi connectivity index (χ3n) is 3.36. The van der Waals surface area contributed by atoms with E-state index in [4.69, 9.17) is 0 Å². The summed E-state index contributed by atoms with van der Waals surface area (Å²) in [5.41, 5.74) is 1.75. The Balaban J connectivity index is 1.99. The van der Waals surface area contributed by atoms with Gasteiger partial charge in [0.2, 0.25) is 0 Å². The molecule has 106 valence electrons. The van der Waals surface area contributed by atoms with Gasteiger partial charge in [-0.2, -0.15) is 16.9 Å². The summed E-state index contributed by atoms with van der Waals surface area (Å²) in [4.78, 5) is 12.1. The third-order valence-corrected chi connectivity index (χ3v) is 4.27. The normalized spacial score (nSPS) is 17.6. The molecule has 2 rings (SSSR count). The first-order chi connectivity index (χ1) is 9.03. The summed E-state index contributed by atoms with van der Waals surface area (Å²) in [6, 6.07) is 0. The maximum atomic E-state index is 12.1. The van der Waals surface area contributed by atoms with Gasteiger partial charge in [0.1, 0.15) is 0 Å². The van der Waals surface area contributed by atoms with Gasteiger partial charge in [0, 0.05) is 23.6 Å². The lowest BCUT2D eigenvalue weighted by Gasteiger charge is -2.22. The van der Waals surface area contributed by atoms with Gasteiger partial charge in [-0.05, 0) is 38.9 Å². The molecule has 1 unspecified atom stereocenters. The summed E-state index contributed by atoms with van der Waals surface area (Å²) in [7, 11) is 0. The van der Waals surface area contributed by atoms with Crippen molar-refractivity contribution in [1.29, 1.82) is 0 Å². The Kier molecular flexibility index (Phi) is 4.52. The smallest absolute Gasteiger partial charge is 0.272 e. The highest BCUT2D eigenvalue weighted by molar-refractivity contribution is 7.98. The molecule has 0 bridgehead atoms. The molecule has 0 saturated heterocycles. The summed E-state index contributed by atoms with van der Waals surface area (Å²) in [6.45, 7) is 1.97. The Morgan fingerprint density at radius 1 is 1.53 bits per heavy atom. The molecule has 0 aromatic carbocycles. The van der Waals surface area contributed by atoms with E-state index < -0.39 is 5.60 Å². The Labute approximate surface area is 117 Å². The second-order valence-corrected chi connectivity index (χ2v) is 6.22. The average molecular weight is 283 g/mol. The van der Waals surface area contributed by atoms with Crippen molar-refractivity contribution < 1.29 is 9.90 Å². The van der Waals surface area contributed by atoms with Crippen LogP contribution in [-0.4, -0.2) is 45.4 Å². The van der Waals surface area contributed by atoms with Gasteiger partial charge >= 0.3 is 0 Å². The summed E-state index contributed by atoms with van der Waals surface area (Å²) in [5, 5.41) is 19.9. The first-order valence-corrected chi connectivity index (χ1v) is 7.98. The molecular formula is C13H21N3O2S. The molecule has 1 amide bonds. The molecule has 0 fully saturated rings. The summed E-state index contributed by atoms with van der Waals surface area (Å²) in [5.74, 6) is 0.396. The number of carbonyl (C=O) groups is 1. The molecule has 1 aliphatic carbocycles. The number of fused-ring (bicyclic) bond motifs is 1. The highest BCUT2D eigenvalue weighted by Crippen LogP contribution is 2.22. The van der Waals surface area contributed by atoms with E-state index in [1.807, 2.05) is 6.26 Å². The number of aromatic amines is 1. The fraction of sp³-hybridized carbons (Fsp3) is 0.692. The zero-order valence-electron chi connectivity index (χ0n) is 11.5. The number of H-pyrrole nitrogens is 1. The molecule has 1 aromatic rings. The highest BCUT2D eigenvalue weighted by atomic mass is 32.2. The molecule has 1 atom stereocenters. The van der Waals surface area contributed by atoms with Gasteiger partial charge in [-0.3, -0.25) is 9.89 Å². The van der Waals surface area contributed by atoms with Gasteiger partial charge in [-0.25, -0.2) is 0 Å². The van der Waals surface area contributed by atoms with Crippen LogP contribution >= 0.6 is 11.8 Å². The Morgan fingerprint density at radius 3 is 3.00 bits per heavy atom. The van der Waals surface area contributed by atoms with E-state index in [-0.39, 0.29) is 12.5 Å². The molecule has 3 N–H and O–H groups in total. The van der Waals surface area contributed by atoms with Crippen molar-refractivity contribution in [3.63, 3.8) is 0 Å². The van der Waals surface area contributed by atoms with Crippen molar-refractivity contribution in [2.75, 3.05) is 18.6 Å². The monoisotopic (exact) mass is 283 g/mol. The molecule has 5 nitrogen and oxygen atoms in total. The number of rotatable bonds is 5. The second-order valence-electron chi connectivity index (χ2n) is 5.35. The van der Waals surface area contributed by atoms with Crippen LogP contribution in [0.5, 0.6) is 0 Å². The van der Waals surface area contributed by atoms with E-state index in [0.717, 1.165) is 36.9 Å².